The minimum Gasteiger partial charge on any atom is -0.496 e. The average Bonchev–Trinajstić information content (AvgIpc) is 2.39. The van der Waals surface area contributed by atoms with Gasteiger partial charge >= 0.3 is 0 Å². The van der Waals surface area contributed by atoms with Gasteiger partial charge in [-0.1, -0.05) is 18.2 Å². The molecule has 2 rings (SSSR count). The molecule has 0 spiro atoms. The molecule has 0 aliphatic carbocycles. The maximum absolute atomic E-state index is 15.0. The number of methoxy groups -OCH3 is 1. The van der Waals surface area contributed by atoms with Gasteiger partial charge in [0.15, 0.2) is 0 Å². The molecule has 1 aromatic rings. The van der Waals surface area contributed by atoms with Crippen molar-refractivity contribution in [3.8, 4) is 5.75 Å². The van der Waals surface area contributed by atoms with Gasteiger partial charge in [0.25, 0.3) is 0 Å². The lowest BCUT2D eigenvalue weighted by Crippen LogP contribution is -2.37. The lowest BCUT2D eigenvalue weighted by atomic mass is 9.79. The summed E-state index contributed by atoms with van der Waals surface area (Å²) >= 11 is 0. The smallest absolute Gasteiger partial charge is 0.139 e. The molecule has 1 unspecified atom stereocenters. The van der Waals surface area contributed by atoms with Crippen LogP contribution in [0.5, 0.6) is 5.75 Å². The molecule has 1 N–H and O–H groups in total. The number of benzene rings is 1. The third-order valence-electron chi connectivity index (χ3n) is 3.74. The van der Waals surface area contributed by atoms with Gasteiger partial charge in [-0.15, -0.1) is 0 Å². The number of ether oxygens (including phenoxy) is 1. The maximum Gasteiger partial charge on any atom is 0.139 e. The Morgan fingerprint density at radius 3 is 2.59 bits per heavy atom. The fraction of sp³-hybridized carbons (Fsp3) is 0.571. The van der Waals surface area contributed by atoms with Crippen molar-refractivity contribution in [3.63, 3.8) is 0 Å². The van der Waals surface area contributed by atoms with Crippen LogP contribution in [0.25, 0.3) is 0 Å². The minimum absolute atomic E-state index is 0.0695. The van der Waals surface area contributed by atoms with Crippen molar-refractivity contribution in [3.05, 3.63) is 29.8 Å². The fourth-order valence-electron chi connectivity index (χ4n) is 2.63. The van der Waals surface area contributed by atoms with Gasteiger partial charge in [0.05, 0.1) is 7.11 Å². The van der Waals surface area contributed by atoms with E-state index < -0.39 is 5.67 Å². The molecule has 0 bridgehead atoms. The Morgan fingerprint density at radius 2 is 1.94 bits per heavy atom. The van der Waals surface area contributed by atoms with Gasteiger partial charge in [-0.2, -0.15) is 0 Å². The summed E-state index contributed by atoms with van der Waals surface area (Å²) in [7, 11) is 1.59. The van der Waals surface area contributed by atoms with Crippen LogP contribution in [0.4, 0.5) is 4.39 Å². The largest absolute Gasteiger partial charge is 0.496 e. The number of hydrogen-bond acceptors (Lipinski definition) is 2. The summed E-state index contributed by atoms with van der Waals surface area (Å²) in [4.78, 5) is 0. The molecular formula is C14H20FNO. The molecule has 1 heterocycles. The van der Waals surface area contributed by atoms with Crippen molar-refractivity contribution in [2.75, 3.05) is 20.2 Å². The van der Waals surface area contributed by atoms with Crippen molar-refractivity contribution < 1.29 is 9.13 Å². The Bertz CT molecular complexity index is 372. The van der Waals surface area contributed by atoms with Crippen molar-refractivity contribution in [1.29, 1.82) is 0 Å². The zero-order chi connectivity index (χ0) is 12.3. The van der Waals surface area contributed by atoms with Gasteiger partial charge < -0.3 is 10.1 Å². The van der Waals surface area contributed by atoms with Crippen molar-refractivity contribution >= 4 is 0 Å². The minimum atomic E-state index is -1.31. The van der Waals surface area contributed by atoms with Crippen molar-refractivity contribution in [2.24, 2.45) is 5.92 Å². The molecule has 0 saturated carbocycles. The molecule has 1 aliphatic heterocycles. The van der Waals surface area contributed by atoms with Crippen LogP contribution < -0.4 is 10.1 Å². The van der Waals surface area contributed by atoms with Crippen LogP contribution in [0.2, 0.25) is 0 Å². The highest BCUT2D eigenvalue weighted by atomic mass is 19.1. The molecule has 1 aromatic carbocycles. The molecule has 1 fully saturated rings. The Kier molecular flexibility index (Phi) is 3.67. The topological polar surface area (TPSA) is 21.3 Å². The number of rotatable bonds is 3. The predicted octanol–water partition coefficient (Wildman–Crippen LogP) is 2.88. The van der Waals surface area contributed by atoms with Crippen LogP contribution in [-0.4, -0.2) is 20.2 Å². The van der Waals surface area contributed by atoms with E-state index in [2.05, 4.69) is 5.32 Å². The first-order valence-electron chi connectivity index (χ1n) is 6.19. The van der Waals surface area contributed by atoms with Gasteiger partial charge in [0, 0.05) is 5.56 Å². The lowest BCUT2D eigenvalue weighted by molar-refractivity contribution is 0.0744. The van der Waals surface area contributed by atoms with E-state index in [1.54, 1.807) is 14.0 Å². The molecule has 0 amide bonds. The monoisotopic (exact) mass is 237 g/mol. The number of piperidine rings is 1. The lowest BCUT2D eigenvalue weighted by Gasteiger charge is -2.34. The zero-order valence-corrected chi connectivity index (χ0v) is 10.5. The van der Waals surface area contributed by atoms with E-state index in [0.29, 0.717) is 11.3 Å². The summed E-state index contributed by atoms with van der Waals surface area (Å²) in [6.45, 7) is 3.49. The summed E-state index contributed by atoms with van der Waals surface area (Å²) < 4.78 is 20.3. The Balaban J connectivity index is 2.29. The van der Waals surface area contributed by atoms with Crippen LogP contribution in [-0.2, 0) is 5.67 Å². The Hall–Kier alpha value is -1.09. The molecular weight excluding hydrogens is 217 g/mol. The van der Waals surface area contributed by atoms with E-state index in [4.69, 9.17) is 4.74 Å². The third kappa shape index (κ3) is 2.44. The highest BCUT2D eigenvalue weighted by molar-refractivity contribution is 5.38. The van der Waals surface area contributed by atoms with Gasteiger partial charge in [-0.3, -0.25) is 0 Å². The average molecular weight is 237 g/mol. The number of hydrogen-bond donors (Lipinski definition) is 1. The van der Waals surface area contributed by atoms with E-state index in [1.165, 1.54) is 0 Å². The predicted molar refractivity (Wildman–Crippen MR) is 67.0 cm³/mol. The summed E-state index contributed by atoms with van der Waals surface area (Å²) in [6.07, 6.45) is 1.76. The molecule has 0 radical (unpaired) electrons. The van der Waals surface area contributed by atoms with E-state index in [9.17, 15) is 0 Å². The summed E-state index contributed by atoms with van der Waals surface area (Å²) in [5, 5.41) is 3.27. The number of alkyl halides is 1. The first kappa shape index (κ1) is 12.4. The molecule has 1 saturated heterocycles. The van der Waals surface area contributed by atoms with Crippen molar-refractivity contribution in [1.82, 2.24) is 5.32 Å². The molecule has 1 atom stereocenters. The van der Waals surface area contributed by atoms with Crippen LogP contribution in [0, 0.1) is 5.92 Å². The molecule has 0 aromatic heterocycles. The standard InChI is InChI=1S/C14H20FNO/c1-14(15,11-7-9-16-10-8-11)12-5-3-4-6-13(12)17-2/h3-6,11,16H,7-10H2,1-2H3. The first-order valence-corrected chi connectivity index (χ1v) is 6.19. The second-order valence-corrected chi connectivity index (χ2v) is 4.80. The van der Waals surface area contributed by atoms with Gasteiger partial charge in [0.2, 0.25) is 0 Å². The molecule has 94 valence electrons. The third-order valence-corrected chi connectivity index (χ3v) is 3.74. The number of para-hydroxylation sites is 1. The summed E-state index contributed by atoms with van der Waals surface area (Å²) in [5.74, 6) is 0.719. The highest BCUT2D eigenvalue weighted by Crippen LogP contribution is 2.42. The molecule has 2 nitrogen and oxygen atoms in total. The van der Waals surface area contributed by atoms with Crippen LogP contribution in [0.15, 0.2) is 24.3 Å². The summed E-state index contributed by atoms with van der Waals surface area (Å²) in [6, 6.07) is 7.41. The quantitative estimate of drug-likeness (QED) is 0.872. The SMILES string of the molecule is COc1ccccc1C(C)(F)C1CCNCC1. The van der Waals surface area contributed by atoms with Crippen LogP contribution >= 0.6 is 0 Å². The molecule has 3 heteroatoms. The van der Waals surface area contributed by atoms with E-state index in [0.717, 1.165) is 25.9 Å². The molecule has 1 aliphatic rings. The fourth-order valence-corrected chi connectivity index (χ4v) is 2.63. The second kappa shape index (κ2) is 5.05. The normalized spacial score (nSPS) is 20.9. The van der Waals surface area contributed by atoms with Crippen molar-refractivity contribution in [2.45, 2.75) is 25.4 Å². The zero-order valence-electron chi connectivity index (χ0n) is 10.5. The highest BCUT2D eigenvalue weighted by Gasteiger charge is 2.38. The van der Waals surface area contributed by atoms with E-state index >= 15 is 4.39 Å². The van der Waals surface area contributed by atoms with E-state index in [-0.39, 0.29) is 5.92 Å². The van der Waals surface area contributed by atoms with Gasteiger partial charge in [-0.05, 0) is 44.8 Å². The maximum atomic E-state index is 15.0. The second-order valence-electron chi connectivity index (χ2n) is 4.80. The molecule has 17 heavy (non-hydrogen) atoms. The number of halogens is 1. The van der Waals surface area contributed by atoms with Gasteiger partial charge in [-0.25, -0.2) is 4.39 Å². The summed E-state index contributed by atoms with van der Waals surface area (Å²) in [5.41, 5.74) is -0.635. The first-order chi connectivity index (χ1) is 8.16. The van der Waals surface area contributed by atoms with Crippen LogP contribution in [0.1, 0.15) is 25.3 Å². The Labute approximate surface area is 102 Å². The van der Waals surface area contributed by atoms with Gasteiger partial charge in [0.1, 0.15) is 11.4 Å². The Morgan fingerprint density at radius 1 is 1.29 bits per heavy atom. The van der Waals surface area contributed by atoms with Crippen LogP contribution in [0.3, 0.4) is 0 Å². The van der Waals surface area contributed by atoms with E-state index in [1.807, 2.05) is 24.3 Å². The number of nitrogens with one attached hydrogen (secondary N) is 1.